The fraction of sp³-hybridized carbons (Fsp3) is 0.176. The first-order valence-electron chi connectivity index (χ1n) is 21.7. The number of anilines is 2. The van der Waals surface area contributed by atoms with Crippen molar-refractivity contribution < 1.29 is 19.2 Å². The van der Waals surface area contributed by atoms with Crippen LogP contribution in [0.5, 0.6) is 0 Å². The highest BCUT2D eigenvalue weighted by atomic mass is 16.2. The standard InChI is InChI=1S/C26H22N6O2.C25H22N6O2/c1-2-5-23(33)31-14-11-20(17-31)25-30-24(21-16-27-13-15-32(21)25)18-7-9-19(10-8-18)26(34)29-22-6-3-4-12-28-22;1-2-22(32)30-13-10-19(16-30)24-29-23(20-15-26-12-14-31(20)24)17-6-8-18(9-7-17)25(33)28-21-5-3-4-11-27-21/h3-4,6-10,12-13,15-16,20H,11,14,17H2,1H3,(H,28,29,34);2-9,11-12,14-15,19H,1,10,13,16H2,(H,27,28,33)/t20-;19-/m11/s1. The van der Waals surface area contributed by atoms with E-state index < -0.39 is 0 Å². The molecule has 10 rings (SSSR count). The second-order valence-electron chi connectivity index (χ2n) is 15.9. The van der Waals surface area contributed by atoms with Crippen molar-refractivity contribution in [3.05, 3.63) is 170 Å². The molecule has 2 aromatic carbocycles. The third-order valence-electron chi connectivity index (χ3n) is 11.7. The molecule has 16 nitrogen and oxygen atoms in total. The van der Waals surface area contributed by atoms with E-state index in [0.29, 0.717) is 48.9 Å². The van der Waals surface area contributed by atoms with Gasteiger partial charge in [0.15, 0.2) is 0 Å². The summed E-state index contributed by atoms with van der Waals surface area (Å²) < 4.78 is 4.07. The number of imidazole rings is 2. The zero-order valence-electron chi connectivity index (χ0n) is 36.5. The molecule has 4 amide bonds. The first-order chi connectivity index (χ1) is 32.8. The summed E-state index contributed by atoms with van der Waals surface area (Å²) in [5, 5.41) is 5.58. The monoisotopic (exact) mass is 888 g/mol. The van der Waals surface area contributed by atoms with Crippen molar-refractivity contribution in [2.45, 2.75) is 31.6 Å². The molecule has 2 atom stereocenters. The van der Waals surface area contributed by atoms with Crippen LogP contribution in [-0.4, -0.2) is 98.3 Å². The average molecular weight is 889 g/mol. The maximum Gasteiger partial charge on any atom is 0.298 e. The van der Waals surface area contributed by atoms with Crippen LogP contribution < -0.4 is 10.6 Å². The van der Waals surface area contributed by atoms with Gasteiger partial charge < -0.3 is 20.4 Å². The number of benzene rings is 2. The number of fused-ring (bicyclic) bond motifs is 2. The van der Waals surface area contributed by atoms with Crippen molar-refractivity contribution in [3.63, 3.8) is 0 Å². The quantitative estimate of drug-likeness (QED) is 0.114. The number of nitrogens with one attached hydrogen (secondary N) is 2. The van der Waals surface area contributed by atoms with Crippen molar-refractivity contribution in [1.29, 1.82) is 0 Å². The van der Waals surface area contributed by atoms with Crippen LogP contribution in [0.3, 0.4) is 0 Å². The van der Waals surface area contributed by atoms with Crippen molar-refractivity contribution in [2.75, 3.05) is 36.8 Å². The fourth-order valence-corrected chi connectivity index (χ4v) is 8.38. The first-order valence-corrected chi connectivity index (χ1v) is 21.7. The van der Waals surface area contributed by atoms with Gasteiger partial charge in [0.1, 0.15) is 23.3 Å². The van der Waals surface area contributed by atoms with Crippen LogP contribution in [0.2, 0.25) is 0 Å². The number of amides is 4. The van der Waals surface area contributed by atoms with Gasteiger partial charge in [0.2, 0.25) is 5.91 Å². The van der Waals surface area contributed by atoms with E-state index in [9.17, 15) is 19.2 Å². The summed E-state index contributed by atoms with van der Waals surface area (Å²) in [5.41, 5.74) is 6.17. The van der Waals surface area contributed by atoms with E-state index in [1.165, 1.54) is 6.08 Å². The summed E-state index contributed by atoms with van der Waals surface area (Å²) in [5.74, 6) is 7.67. The second kappa shape index (κ2) is 19.5. The zero-order chi connectivity index (χ0) is 46.3. The zero-order valence-corrected chi connectivity index (χ0v) is 36.5. The smallest absolute Gasteiger partial charge is 0.298 e. The number of hydrogen-bond acceptors (Lipinski definition) is 10. The van der Waals surface area contributed by atoms with Crippen LogP contribution in [0.25, 0.3) is 33.5 Å². The summed E-state index contributed by atoms with van der Waals surface area (Å²) in [6.45, 7) is 7.79. The van der Waals surface area contributed by atoms with E-state index in [-0.39, 0.29) is 35.5 Å². The molecule has 6 aromatic heterocycles. The number of carbonyl (C=O) groups is 4. The van der Waals surface area contributed by atoms with Gasteiger partial charge in [-0.25, -0.2) is 19.9 Å². The largest absolute Gasteiger partial charge is 0.338 e. The Morgan fingerprint density at radius 3 is 1.57 bits per heavy atom. The van der Waals surface area contributed by atoms with Gasteiger partial charge in [-0.3, -0.25) is 37.9 Å². The van der Waals surface area contributed by atoms with E-state index in [2.05, 4.69) is 49.0 Å². The highest BCUT2D eigenvalue weighted by Crippen LogP contribution is 2.34. The van der Waals surface area contributed by atoms with E-state index in [0.717, 1.165) is 58.0 Å². The normalized spacial score (nSPS) is 15.3. The van der Waals surface area contributed by atoms with Crippen LogP contribution in [0, 0.1) is 11.8 Å². The predicted molar refractivity (Wildman–Crippen MR) is 253 cm³/mol. The summed E-state index contributed by atoms with van der Waals surface area (Å²) in [6.07, 6.45) is 17.1. The van der Waals surface area contributed by atoms with E-state index >= 15 is 0 Å². The lowest BCUT2D eigenvalue weighted by Crippen LogP contribution is -2.27. The topological polar surface area (TPSA) is 185 Å². The second-order valence-corrected chi connectivity index (χ2v) is 15.9. The Hall–Kier alpha value is -8.84. The number of likely N-dealkylation sites (tertiary alicyclic amines) is 2. The molecule has 2 aliphatic rings. The minimum atomic E-state index is -0.229. The molecule has 2 N–H and O–H groups in total. The Kier molecular flexibility index (Phi) is 12.6. The van der Waals surface area contributed by atoms with Gasteiger partial charge >= 0.3 is 0 Å². The van der Waals surface area contributed by atoms with Gasteiger partial charge in [-0.05, 0) is 80.3 Å². The van der Waals surface area contributed by atoms with Gasteiger partial charge in [0.25, 0.3) is 17.7 Å². The molecule has 8 aromatic rings. The molecule has 0 spiro atoms. The molecule has 0 radical (unpaired) electrons. The van der Waals surface area contributed by atoms with Crippen LogP contribution in [0.15, 0.2) is 147 Å². The van der Waals surface area contributed by atoms with E-state index in [4.69, 9.17) is 9.97 Å². The van der Waals surface area contributed by atoms with Crippen LogP contribution in [0.4, 0.5) is 11.6 Å². The van der Waals surface area contributed by atoms with Gasteiger partial charge in [0, 0.05) is 97.4 Å². The van der Waals surface area contributed by atoms with Crippen LogP contribution in [0.1, 0.15) is 64.0 Å². The van der Waals surface area contributed by atoms with Crippen LogP contribution >= 0.6 is 0 Å². The number of rotatable bonds is 9. The SMILES string of the molecule is C=CC(=O)N1CC[C@@H](c2nc(-c3ccc(C(=O)Nc4ccccn4)cc3)c3cnccn23)C1.CC#CC(=O)N1CC[C@@H](c2nc(-c3ccc(C(=O)Nc4ccccn4)cc3)c3cnccn23)C1. The molecule has 2 fully saturated rings. The van der Waals surface area contributed by atoms with E-state index in [1.54, 1.807) is 102 Å². The highest BCUT2D eigenvalue weighted by Gasteiger charge is 2.32. The molecule has 2 saturated heterocycles. The van der Waals surface area contributed by atoms with Crippen LogP contribution in [-0.2, 0) is 9.59 Å². The molecule has 16 heteroatoms. The Balaban J connectivity index is 0.000000168. The molecule has 67 heavy (non-hydrogen) atoms. The average Bonchev–Trinajstić information content (AvgIpc) is 4.21. The minimum Gasteiger partial charge on any atom is -0.338 e. The maximum absolute atomic E-state index is 12.6. The number of aromatic nitrogens is 8. The molecule has 0 unspecified atom stereocenters. The molecule has 0 aliphatic carbocycles. The molecule has 332 valence electrons. The fourth-order valence-electron chi connectivity index (χ4n) is 8.38. The number of carbonyl (C=O) groups excluding carboxylic acids is 4. The number of nitrogens with zero attached hydrogens (tertiary/aromatic N) is 10. The van der Waals surface area contributed by atoms with Crippen molar-refractivity contribution in [3.8, 4) is 34.4 Å². The van der Waals surface area contributed by atoms with Gasteiger partial charge in [0.05, 0.1) is 34.8 Å². The summed E-state index contributed by atoms with van der Waals surface area (Å²) in [6, 6.07) is 25.3. The summed E-state index contributed by atoms with van der Waals surface area (Å²) >= 11 is 0. The molecular weight excluding hydrogens is 845 g/mol. The van der Waals surface area contributed by atoms with Gasteiger partial charge in [-0.2, -0.15) is 0 Å². The highest BCUT2D eigenvalue weighted by molar-refractivity contribution is 6.05. The van der Waals surface area contributed by atoms with Crippen molar-refractivity contribution in [1.82, 2.24) is 48.5 Å². The predicted octanol–water partition coefficient (Wildman–Crippen LogP) is 6.93. The Morgan fingerprint density at radius 1 is 0.642 bits per heavy atom. The lowest BCUT2D eigenvalue weighted by molar-refractivity contribution is -0.125. The lowest BCUT2D eigenvalue weighted by Gasteiger charge is -2.13. The summed E-state index contributed by atoms with van der Waals surface area (Å²) in [7, 11) is 0. The van der Waals surface area contributed by atoms with Gasteiger partial charge in [-0.15, -0.1) is 0 Å². The molecule has 2 aliphatic heterocycles. The first kappa shape index (κ1) is 43.4. The van der Waals surface area contributed by atoms with Crippen molar-refractivity contribution >= 4 is 46.3 Å². The summed E-state index contributed by atoms with van der Waals surface area (Å²) in [4.78, 5) is 79.6. The minimum absolute atomic E-state index is 0.0557. The van der Waals surface area contributed by atoms with Crippen molar-refractivity contribution in [2.24, 2.45) is 0 Å². The maximum atomic E-state index is 12.6. The third-order valence-corrected chi connectivity index (χ3v) is 11.7. The Labute approximate surface area is 385 Å². The van der Waals surface area contributed by atoms with Gasteiger partial charge in [-0.1, -0.05) is 48.9 Å². The Bertz CT molecular complexity index is 3180. The Morgan fingerprint density at radius 2 is 1.12 bits per heavy atom. The lowest BCUT2D eigenvalue weighted by atomic mass is 10.1. The number of pyridine rings is 2. The van der Waals surface area contributed by atoms with E-state index in [1.807, 2.05) is 57.6 Å². The number of hydrogen-bond donors (Lipinski definition) is 2. The molecular formula is C51H44N12O4. The molecule has 0 saturated carbocycles. The molecule has 8 heterocycles. The third kappa shape index (κ3) is 9.38. The molecule has 0 bridgehead atoms.